The van der Waals surface area contributed by atoms with Crippen molar-refractivity contribution in [2.75, 3.05) is 13.2 Å². The lowest BCUT2D eigenvalue weighted by atomic mass is 10.1. The summed E-state index contributed by atoms with van der Waals surface area (Å²) < 4.78 is 7.39. The molecular formula is C20H23N3O2. The van der Waals surface area contributed by atoms with Crippen molar-refractivity contribution < 1.29 is 4.74 Å². The molecule has 1 saturated heterocycles. The third-order valence-electron chi connectivity index (χ3n) is 5.71. The molecule has 1 aromatic heterocycles. The van der Waals surface area contributed by atoms with Crippen molar-refractivity contribution >= 4 is 0 Å². The number of ether oxygens (including phenoxy) is 1. The summed E-state index contributed by atoms with van der Waals surface area (Å²) in [7, 11) is 0. The summed E-state index contributed by atoms with van der Waals surface area (Å²) in [5, 5.41) is 8.40. The molecule has 2 heterocycles. The lowest BCUT2D eigenvalue weighted by molar-refractivity contribution is 0.180. The quantitative estimate of drug-likeness (QED) is 0.925. The van der Waals surface area contributed by atoms with Gasteiger partial charge in [0.05, 0.1) is 31.0 Å². The highest BCUT2D eigenvalue weighted by molar-refractivity contribution is 5.33. The molecule has 1 aromatic carbocycles. The van der Waals surface area contributed by atoms with E-state index in [1.807, 2.05) is 6.07 Å². The van der Waals surface area contributed by atoms with Crippen LogP contribution in [-0.4, -0.2) is 35.1 Å². The van der Waals surface area contributed by atoms with Gasteiger partial charge in [0, 0.05) is 18.0 Å². The summed E-state index contributed by atoms with van der Waals surface area (Å²) >= 11 is 0. The predicted octanol–water partition coefficient (Wildman–Crippen LogP) is 1.82. The Morgan fingerprint density at radius 3 is 2.52 bits per heavy atom. The van der Waals surface area contributed by atoms with Gasteiger partial charge in [-0.3, -0.25) is 4.79 Å². The van der Waals surface area contributed by atoms with Gasteiger partial charge in [0.2, 0.25) is 0 Å². The van der Waals surface area contributed by atoms with Gasteiger partial charge in [-0.1, -0.05) is 24.3 Å². The van der Waals surface area contributed by atoms with Gasteiger partial charge >= 0.3 is 0 Å². The molecule has 1 N–H and O–H groups in total. The van der Waals surface area contributed by atoms with Crippen molar-refractivity contribution in [2.24, 2.45) is 0 Å². The zero-order valence-electron chi connectivity index (χ0n) is 14.2. The molecule has 2 unspecified atom stereocenters. The first-order valence-corrected chi connectivity index (χ1v) is 9.28. The standard InChI is InChI=1S/C20H23N3O2/c24-20-8-7-17(13-5-6-13)22-23(20)19-12-25-11-18(19)21-16-9-14-3-1-2-4-15(14)10-16/h1-4,7-8,13,16,18-19,21H,5-6,9-12H2. The minimum atomic E-state index is -0.0265. The number of hydrogen-bond acceptors (Lipinski definition) is 4. The van der Waals surface area contributed by atoms with E-state index in [0.29, 0.717) is 25.2 Å². The topological polar surface area (TPSA) is 56.2 Å². The van der Waals surface area contributed by atoms with Crippen LogP contribution in [0.3, 0.4) is 0 Å². The zero-order chi connectivity index (χ0) is 16.8. The van der Waals surface area contributed by atoms with Gasteiger partial charge in [-0.15, -0.1) is 0 Å². The molecule has 2 aromatic rings. The summed E-state index contributed by atoms with van der Waals surface area (Å²) in [6.07, 6.45) is 4.47. The SMILES string of the molecule is O=c1ccc(C2CC2)nn1C1COCC1NC1Cc2ccccc2C1. The average molecular weight is 337 g/mol. The van der Waals surface area contributed by atoms with E-state index in [0.717, 1.165) is 18.5 Å². The Morgan fingerprint density at radius 2 is 1.80 bits per heavy atom. The minimum absolute atomic E-state index is 0.0186. The van der Waals surface area contributed by atoms with Gasteiger partial charge in [0.1, 0.15) is 0 Å². The lowest BCUT2D eigenvalue weighted by Crippen LogP contribution is -2.46. The number of nitrogens with zero attached hydrogens (tertiary/aromatic N) is 2. The fourth-order valence-electron chi connectivity index (χ4n) is 4.20. The highest BCUT2D eigenvalue weighted by Gasteiger charge is 2.35. The van der Waals surface area contributed by atoms with Gasteiger partial charge in [-0.25, -0.2) is 4.68 Å². The number of hydrogen-bond donors (Lipinski definition) is 1. The van der Waals surface area contributed by atoms with E-state index in [4.69, 9.17) is 4.74 Å². The number of fused-ring (bicyclic) bond motifs is 1. The van der Waals surface area contributed by atoms with Gasteiger partial charge in [0.15, 0.2) is 0 Å². The van der Waals surface area contributed by atoms with Crippen LogP contribution in [0.25, 0.3) is 0 Å². The van der Waals surface area contributed by atoms with Gasteiger partial charge in [-0.05, 0) is 42.9 Å². The summed E-state index contributed by atoms with van der Waals surface area (Å²) in [6, 6.07) is 12.7. The number of nitrogens with one attached hydrogen (secondary N) is 1. The molecule has 5 rings (SSSR count). The summed E-state index contributed by atoms with van der Waals surface area (Å²) in [6.45, 7) is 1.19. The number of rotatable bonds is 4. The largest absolute Gasteiger partial charge is 0.377 e. The van der Waals surface area contributed by atoms with Crippen molar-refractivity contribution in [1.82, 2.24) is 15.1 Å². The van der Waals surface area contributed by atoms with Gasteiger partial charge < -0.3 is 10.1 Å². The van der Waals surface area contributed by atoms with Crippen molar-refractivity contribution in [1.29, 1.82) is 0 Å². The van der Waals surface area contributed by atoms with Crippen molar-refractivity contribution in [3.63, 3.8) is 0 Å². The molecule has 1 saturated carbocycles. The highest BCUT2D eigenvalue weighted by Crippen LogP contribution is 2.38. The molecule has 2 atom stereocenters. The van der Waals surface area contributed by atoms with Crippen LogP contribution in [0, 0.1) is 0 Å². The molecule has 0 spiro atoms. The second-order valence-electron chi connectivity index (χ2n) is 7.57. The first kappa shape index (κ1) is 15.3. The Labute approximate surface area is 147 Å². The summed E-state index contributed by atoms with van der Waals surface area (Å²) in [4.78, 5) is 12.4. The summed E-state index contributed by atoms with van der Waals surface area (Å²) in [5.74, 6) is 0.546. The van der Waals surface area contributed by atoms with Crippen molar-refractivity contribution in [3.8, 4) is 0 Å². The smallest absolute Gasteiger partial charge is 0.267 e. The molecule has 0 amide bonds. The predicted molar refractivity (Wildman–Crippen MR) is 94.9 cm³/mol. The second-order valence-corrected chi connectivity index (χ2v) is 7.57. The van der Waals surface area contributed by atoms with E-state index in [1.165, 1.54) is 24.0 Å². The van der Waals surface area contributed by atoms with Crippen molar-refractivity contribution in [3.05, 3.63) is 63.6 Å². The van der Waals surface area contributed by atoms with Crippen LogP contribution in [0.2, 0.25) is 0 Å². The van der Waals surface area contributed by atoms with Gasteiger partial charge in [-0.2, -0.15) is 5.10 Å². The van der Waals surface area contributed by atoms with Crippen LogP contribution < -0.4 is 10.9 Å². The first-order chi connectivity index (χ1) is 12.3. The van der Waals surface area contributed by atoms with Gasteiger partial charge in [0.25, 0.3) is 5.56 Å². The van der Waals surface area contributed by atoms with E-state index in [1.54, 1.807) is 10.7 Å². The van der Waals surface area contributed by atoms with E-state index in [2.05, 4.69) is 34.7 Å². The van der Waals surface area contributed by atoms with E-state index in [9.17, 15) is 4.79 Å². The van der Waals surface area contributed by atoms with Crippen LogP contribution in [0.15, 0.2) is 41.2 Å². The molecule has 2 fully saturated rings. The molecule has 25 heavy (non-hydrogen) atoms. The lowest BCUT2D eigenvalue weighted by Gasteiger charge is -2.24. The van der Waals surface area contributed by atoms with E-state index < -0.39 is 0 Å². The maximum absolute atomic E-state index is 12.4. The van der Waals surface area contributed by atoms with Crippen LogP contribution in [0.5, 0.6) is 0 Å². The van der Waals surface area contributed by atoms with E-state index in [-0.39, 0.29) is 17.6 Å². The molecule has 2 aliphatic carbocycles. The first-order valence-electron chi connectivity index (χ1n) is 9.28. The molecule has 5 heteroatoms. The number of benzene rings is 1. The Balaban J connectivity index is 1.35. The maximum atomic E-state index is 12.4. The molecule has 0 bridgehead atoms. The second kappa shape index (κ2) is 6.07. The van der Waals surface area contributed by atoms with Crippen molar-refractivity contribution in [2.45, 2.75) is 49.7 Å². The Kier molecular flexibility index (Phi) is 3.71. The zero-order valence-corrected chi connectivity index (χ0v) is 14.2. The molecular weight excluding hydrogens is 314 g/mol. The fraction of sp³-hybridized carbons (Fsp3) is 0.500. The van der Waals surface area contributed by atoms with Crippen LogP contribution >= 0.6 is 0 Å². The van der Waals surface area contributed by atoms with Crippen LogP contribution in [0.1, 0.15) is 41.6 Å². The Bertz CT molecular complexity index is 818. The minimum Gasteiger partial charge on any atom is -0.377 e. The van der Waals surface area contributed by atoms with E-state index >= 15 is 0 Å². The average Bonchev–Trinajstić information content (AvgIpc) is 3.23. The fourth-order valence-corrected chi connectivity index (χ4v) is 4.20. The molecule has 3 aliphatic rings. The molecule has 5 nitrogen and oxygen atoms in total. The molecule has 0 radical (unpaired) electrons. The highest BCUT2D eigenvalue weighted by atomic mass is 16.5. The summed E-state index contributed by atoms with van der Waals surface area (Å²) in [5.41, 5.74) is 3.89. The third-order valence-corrected chi connectivity index (χ3v) is 5.71. The normalized spacial score (nSPS) is 26.1. The maximum Gasteiger partial charge on any atom is 0.267 e. The van der Waals surface area contributed by atoms with Crippen LogP contribution in [0.4, 0.5) is 0 Å². The van der Waals surface area contributed by atoms with Crippen LogP contribution in [-0.2, 0) is 17.6 Å². The Hall–Kier alpha value is -1.98. The molecule has 1 aliphatic heterocycles. The Morgan fingerprint density at radius 1 is 1.04 bits per heavy atom. The number of aromatic nitrogens is 2. The monoisotopic (exact) mass is 337 g/mol. The third kappa shape index (κ3) is 2.92. The molecule has 130 valence electrons.